The fraction of sp³-hybridized carbons (Fsp3) is 0.0465. The van der Waals surface area contributed by atoms with Crippen molar-refractivity contribution in [1.82, 2.24) is 0 Å². The first-order valence-corrected chi connectivity index (χ1v) is 17.0. The lowest BCUT2D eigenvalue weighted by molar-refractivity contribution is -0.616. The minimum atomic E-state index is -0.362. The molecule has 6 aromatic carbocycles. The predicted octanol–water partition coefficient (Wildman–Crippen LogP) is 9.74. The van der Waals surface area contributed by atoms with E-state index in [0.717, 1.165) is 33.7 Å². The number of aliphatic imine (C=N–C) groups is 1. The van der Waals surface area contributed by atoms with E-state index in [1.54, 1.807) is 0 Å². The van der Waals surface area contributed by atoms with Crippen LogP contribution in [0.5, 0.6) is 0 Å². The van der Waals surface area contributed by atoms with Gasteiger partial charge in [-0.1, -0.05) is 127 Å². The Morgan fingerprint density at radius 2 is 1.21 bits per heavy atom. The molecule has 0 amide bonds. The van der Waals surface area contributed by atoms with Gasteiger partial charge in [0, 0.05) is 15.1 Å². The van der Waals surface area contributed by atoms with Crippen LogP contribution < -0.4 is 5.32 Å². The maximum absolute atomic E-state index is 6.49. The lowest BCUT2D eigenvalue weighted by Gasteiger charge is -2.30. The van der Waals surface area contributed by atoms with Crippen LogP contribution in [-0.4, -0.2) is 5.71 Å². The van der Waals surface area contributed by atoms with Crippen LogP contribution in [0.4, 0.5) is 5.69 Å². The summed E-state index contributed by atoms with van der Waals surface area (Å²) in [7, 11) is 0. The Labute approximate surface area is 275 Å². The van der Waals surface area contributed by atoms with E-state index in [4.69, 9.17) is 9.41 Å². The maximum atomic E-state index is 6.49. The van der Waals surface area contributed by atoms with Gasteiger partial charge in [-0.15, -0.1) is 11.3 Å². The summed E-state index contributed by atoms with van der Waals surface area (Å²) in [6.07, 6.45) is -0.157. The molecule has 8 aromatic rings. The molecule has 1 spiro atoms. The SMILES string of the molecule is c1ccc(C2=NC(c3cccc4c5c(sc34)-c3ccccc3C53c4ccccc4-c4ccccc43)[NH2+]c3c2oc2ccccc32)cc1. The Hall–Kier alpha value is -5.55. The molecule has 3 heterocycles. The van der Waals surface area contributed by atoms with Crippen LogP contribution in [-0.2, 0) is 5.41 Å². The number of hydrogen-bond donors (Lipinski definition) is 1. The first kappa shape index (κ1) is 25.6. The first-order valence-electron chi connectivity index (χ1n) is 16.2. The van der Waals surface area contributed by atoms with Gasteiger partial charge >= 0.3 is 0 Å². The Bertz CT molecular complexity index is 2580. The van der Waals surface area contributed by atoms with Crippen LogP contribution in [0.3, 0.4) is 0 Å². The maximum Gasteiger partial charge on any atom is 0.214 e. The van der Waals surface area contributed by atoms with Crippen molar-refractivity contribution in [3.05, 3.63) is 185 Å². The van der Waals surface area contributed by atoms with Crippen molar-refractivity contribution >= 4 is 43.8 Å². The zero-order chi connectivity index (χ0) is 30.7. The van der Waals surface area contributed by atoms with E-state index in [1.807, 2.05) is 17.4 Å². The number of nitrogens with zero attached hydrogens (tertiary/aromatic N) is 1. The van der Waals surface area contributed by atoms with Crippen LogP contribution >= 0.6 is 11.3 Å². The summed E-state index contributed by atoms with van der Waals surface area (Å²) >= 11 is 1.93. The topological polar surface area (TPSA) is 42.1 Å². The highest BCUT2D eigenvalue weighted by Gasteiger charge is 2.53. The molecule has 2 N–H and O–H groups in total. The van der Waals surface area contributed by atoms with Crippen LogP contribution in [0, 0.1) is 0 Å². The second kappa shape index (κ2) is 9.26. The second-order valence-electron chi connectivity index (χ2n) is 12.7. The molecule has 0 fully saturated rings. The predicted molar refractivity (Wildman–Crippen MR) is 191 cm³/mol. The lowest BCUT2D eigenvalue weighted by atomic mass is 9.70. The number of nitrogens with two attached hydrogens (primary N) is 1. The number of quaternary nitrogens is 1. The van der Waals surface area contributed by atoms with Crippen LogP contribution in [0.25, 0.3) is 42.6 Å². The number of thiophene rings is 1. The van der Waals surface area contributed by atoms with Gasteiger partial charge in [0.25, 0.3) is 0 Å². The summed E-state index contributed by atoms with van der Waals surface area (Å²) in [6, 6.07) is 52.8. The molecular weight excluding hydrogens is 593 g/mol. The molecule has 11 rings (SSSR count). The van der Waals surface area contributed by atoms with Crippen LogP contribution in [0.2, 0.25) is 0 Å². The third-order valence-electron chi connectivity index (χ3n) is 10.5. The number of para-hydroxylation sites is 1. The number of benzene rings is 6. The van der Waals surface area contributed by atoms with E-state index < -0.39 is 0 Å². The number of hydrogen-bond acceptors (Lipinski definition) is 3. The van der Waals surface area contributed by atoms with Crippen molar-refractivity contribution in [2.75, 3.05) is 0 Å². The number of rotatable bonds is 2. The normalized spacial score (nSPS) is 16.5. The zero-order valence-corrected chi connectivity index (χ0v) is 26.1. The van der Waals surface area contributed by atoms with Gasteiger partial charge in [0.1, 0.15) is 11.3 Å². The molecule has 2 aliphatic carbocycles. The van der Waals surface area contributed by atoms with Gasteiger partial charge in [-0.2, -0.15) is 0 Å². The van der Waals surface area contributed by atoms with Gasteiger partial charge in [0.2, 0.25) is 11.9 Å². The van der Waals surface area contributed by atoms with E-state index in [0.29, 0.717) is 0 Å². The van der Waals surface area contributed by atoms with Gasteiger partial charge in [-0.3, -0.25) is 5.32 Å². The smallest absolute Gasteiger partial charge is 0.214 e. The zero-order valence-electron chi connectivity index (χ0n) is 25.3. The summed E-state index contributed by atoms with van der Waals surface area (Å²) in [4.78, 5) is 6.84. The molecule has 1 aliphatic heterocycles. The molecule has 0 bridgehead atoms. The van der Waals surface area contributed by atoms with Crippen LogP contribution in [0.1, 0.15) is 45.3 Å². The highest BCUT2D eigenvalue weighted by molar-refractivity contribution is 7.23. The molecule has 0 radical (unpaired) electrons. The monoisotopic (exact) mass is 619 g/mol. The van der Waals surface area contributed by atoms with Crippen molar-refractivity contribution in [2.24, 2.45) is 4.99 Å². The summed E-state index contributed by atoms with van der Waals surface area (Å²) < 4.78 is 7.80. The lowest BCUT2D eigenvalue weighted by Crippen LogP contribution is -2.80. The number of fused-ring (bicyclic) bond motifs is 15. The van der Waals surface area contributed by atoms with E-state index in [-0.39, 0.29) is 11.6 Å². The minimum Gasteiger partial charge on any atom is -0.448 e. The fourth-order valence-corrected chi connectivity index (χ4v) is 10.1. The second-order valence-corrected chi connectivity index (χ2v) is 13.7. The van der Waals surface area contributed by atoms with Crippen LogP contribution in [0.15, 0.2) is 155 Å². The first-order chi connectivity index (χ1) is 23.3. The standard InChI is InChI=1S/C43H26N2OS/c1-2-13-25(14-3-1)37-39-38(29-18-7-11-24-35(29)46-39)45-42(44-37)31-20-12-19-30-36-41(47-40(30)31)28-17-6-10-23-34(28)43(36)32-21-8-4-15-26(32)27-16-5-9-22-33(27)43/h1-24,42,45H/p+1. The molecule has 1 unspecified atom stereocenters. The van der Waals surface area contributed by atoms with Crippen molar-refractivity contribution in [3.8, 4) is 21.6 Å². The highest BCUT2D eigenvalue weighted by Crippen LogP contribution is 2.66. The van der Waals surface area contributed by atoms with Crippen molar-refractivity contribution in [1.29, 1.82) is 0 Å². The molecule has 3 aliphatic rings. The largest absolute Gasteiger partial charge is 0.448 e. The Morgan fingerprint density at radius 3 is 1.98 bits per heavy atom. The Balaban J connectivity index is 1.19. The molecule has 1 atom stereocenters. The van der Waals surface area contributed by atoms with E-state index in [1.165, 1.54) is 59.5 Å². The summed E-state index contributed by atoms with van der Waals surface area (Å²) in [5, 5.41) is 4.76. The minimum absolute atomic E-state index is 0.157. The third kappa shape index (κ3) is 3.21. The molecule has 220 valence electrons. The molecule has 4 heteroatoms. The van der Waals surface area contributed by atoms with E-state index >= 15 is 0 Å². The molecule has 47 heavy (non-hydrogen) atoms. The fourth-order valence-electron chi connectivity index (χ4n) is 8.63. The third-order valence-corrected chi connectivity index (χ3v) is 11.7. The van der Waals surface area contributed by atoms with Gasteiger partial charge in [-0.25, -0.2) is 4.99 Å². The van der Waals surface area contributed by atoms with E-state index in [9.17, 15) is 0 Å². The van der Waals surface area contributed by atoms with E-state index in [2.05, 4.69) is 145 Å². The van der Waals surface area contributed by atoms with Gasteiger partial charge in [-0.05, 0) is 62.5 Å². The quantitative estimate of drug-likeness (QED) is 0.206. The molecule has 0 saturated carbocycles. The Kier molecular flexibility index (Phi) is 5.05. The van der Waals surface area contributed by atoms with Crippen molar-refractivity contribution in [2.45, 2.75) is 11.6 Å². The van der Waals surface area contributed by atoms with Gasteiger partial charge in [0.05, 0.1) is 16.4 Å². The number of furan rings is 1. The average Bonchev–Trinajstić information content (AvgIpc) is 3.86. The summed E-state index contributed by atoms with van der Waals surface area (Å²) in [5.41, 5.74) is 14.4. The van der Waals surface area contributed by atoms with Gasteiger partial charge < -0.3 is 4.42 Å². The molecule has 0 saturated heterocycles. The van der Waals surface area contributed by atoms with Crippen molar-refractivity contribution < 1.29 is 9.73 Å². The summed E-state index contributed by atoms with van der Waals surface area (Å²) in [5.74, 6) is 0.849. The Morgan fingerprint density at radius 1 is 0.596 bits per heavy atom. The highest BCUT2D eigenvalue weighted by atomic mass is 32.1. The van der Waals surface area contributed by atoms with Gasteiger partial charge in [0.15, 0.2) is 5.69 Å². The molecular formula is C43H27N2OS+. The average molecular weight is 620 g/mol. The summed E-state index contributed by atoms with van der Waals surface area (Å²) in [6.45, 7) is 0. The molecule has 3 nitrogen and oxygen atoms in total. The van der Waals surface area contributed by atoms with Crippen molar-refractivity contribution in [3.63, 3.8) is 0 Å². The molecule has 2 aromatic heterocycles.